The number of halogens is 1. The highest BCUT2D eigenvalue weighted by molar-refractivity contribution is 6.34. The molecular weight excluding hydrogens is 404 g/mol. The Morgan fingerprint density at radius 1 is 0.933 bits per heavy atom. The number of anilines is 1. The van der Waals surface area contributed by atoms with Crippen LogP contribution in [0.1, 0.15) is 10.4 Å². The Labute approximate surface area is 176 Å². The highest BCUT2D eigenvalue weighted by atomic mass is 35.5. The van der Waals surface area contributed by atoms with Gasteiger partial charge in [-0.15, -0.1) is 0 Å². The van der Waals surface area contributed by atoms with E-state index in [1.807, 2.05) is 60.7 Å². The van der Waals surface area contributed by atoms with Crippen LogP contribution in [-0.4, -0.2) is 20.6 Å². The molecule has 0 unspecified atom stereocenters. The molecule has 0 spiro atoms. The maximum Gasteiger partial charge on any atom is 0.269 e. The molecule has 3 aromatic carbocycles. The molecule has 1 N–H and O–H groups in total. The lowest BCUT2D eigenvalue weighted by Gasteiger charge is -2.06. The average Bonchev–Trinajstić information content (AvgIpc) is 3.12. The van der Waals surface area contributed by atoms with E-state index in [0.29, 0.717) is 17.1 Å². The first kappa shape index (κ1) is 19.4. The van der Waals surface area contributed by atoms with Gasteiger partial charge in [0.15, 0.2) is 0 Å². The SMILES string of the molecule is O=C(Nc1ccc([N+](=O)[O-])cc1)c1c(-c2ccccc2)nn(-c2ccccc2)c1Cl. The van der Waals surface area contributed by atoms with E-state index in [-0.39, 0.29) is 16.4 Å². The average molecular weight is 419 g/mol. The third-order valence-corrected chi connectivity index (χ3v) is 4.79. The van der Waals surface area contributed by atoms with Crippen LogP contribution in [0.15, 0.2) is 84.9 Å². The summed E-state index contributed by atoms with van der Waals surface area (Å²) < 4.78 is 1.51. The summed E-state index contributed by atoms with van der Waals surface area (Å²) in [4.78, 5) is 23.4. The van der Waals surface area contributed by atoms with Crippen LogP contribution < -0.4 is 5.32 Å². The van der Waals surface area contributed by atoms with Crippen LogP contribution in [-0.2, 0) is 0 Å². The predicted octanol–water partition coefficient (Wildman–Crippen LogP) is 5.35. The van der Waals surface area contributed by atoms with Gasteiger partial charge in [0.25, 0.3) is 11.6 Å². The van der Waals surface area contributed by atoms with Crippen molar-refractivity contribution in [1.82, 2.24) is 9.78 Å². The highest BCUT2D eigenvalue weighted by Crippen LogP contribution is 2.31. The third kappa shape index (κ3) is 3.78. The van der Waals surface area contributed by atoms with Crippen LogP contribution in [0.4, 0.5) is 11.4 Å². The number of benzene rings is 3. The van der Waals surface area contributed by atoms with Crippen LogP contribution in [0.5, 0.6) is 0 Å². The van der Waals surface area contributed by atoms with Gasteiger partial charge in [-0.2, -0.15) is 5.10 Å². The Kier molecular flexibility index (Phi) is 5.28. The molecule has 0 aliphatic heterocycles. The zero-order chi connectivity index (χ0) is 21.1. The topological polar surface area (TPSA) is 90.1 Å². The third-order valence-electron chi connectivity index (χ3n) is 4.44. The number of carbonyl (C=O) groups is 1. The quantitative estimate of drug-likeness (QED) is 0.349. The van der Waals surface area contributed by atoms with Gasteiger partial charge in [0.1, 0.15) is 16.4 Å². The molecule has 148 valence electrons. The van der Waals surface area contributed by atoms with Crippen molar-refractivity contribution < 1.29 is 9.72 Å². The van der Waals surface area contributed by atoms with Crippen LogP contribution in [0, 0.1) is 10.1 Å². The van der Waals surface area contributed by atoms with Gasteiger partial charge >= 0.3 is 0 Å². The van der Waals surface area contributed by atoms with Gasteiger partial charge in [0.2, 0.25) is 0 Å². The van der Waals surface area contributed by atoms with E-state index in [1.165, 1.54) is 28.9 Å². The molecule has 0 saturated heterocycles. The molecule has 0 radical (unpaired) electrons. The maximum atomic E-state index is 13.1. The molecule has 1 heterocycles. The fourth-order valence-corrected chi connectivity index (χ4v) is 3.31. The van der Waals surface area contributed by atoms with Gasteiger partial charge in [-0.3, -0.25) is 14.9 Å². The second-order valence-electron chi connectivity index (χ2n) is 6.39. The lowest BCUT2D eigenvalue weighted by molar-refractivity contribution is -0.384. The van der Waals surface area contributed by atoms with Gasteiger partial charge in [0, 0.05) is 23.4 Å². The Morgan fingerprint density at radius 3 is 2.13 bits per heavy atom. The van der Waals surface area contributed by atoms with Gasteiger partial charge in [0.05, 0.1) is 10.6 Å². The van der Waals surface area contributed by atoms with Crippen molar-refractivity contribution in [2.24, 2.45) is 0 Å². The van der Waals surface area contributed by atoms with E-state index >= 15 is 0 Å². The molecule has 0 atom stereocenters. The minimum absolute atomic E-state index is 0.0621. The van der Waals surface area contributed by atoms with Crippen molar-refractivity contribution >= 4 is 28.9 Å². The van der Waals surface area contributed by atoms with Crippen molar-refractivity contribution in [3.05, 3.63) is 106 Å². The molecule has 7 nitrogen and oxygen atoms in total. The number of nitrogens with zero attached hydrogens (tertiary/aromatic N) is 3. The predicted molar refractivity (Wildman–Crippen MR) is 115 cm³/mol. The minimum Gasteiger partial charge on any atom is -0.322 e. The van der Waals surface area contributed by atoms with E-state index in [9.17, 15) is 14.9 Å². The first-order valence-electron chi connectivity index (χ1n) is 9.00. The molecule has 0 aliphatic rings. The smallest absolute Gasteiger partial charge is 0.269 e. The van der Waals surface area contributed by atoms with E-state index in [4.69, 9.17) is 11.6 Å². The molecule has 0 aliphatic carbocycles. The Hall–Kier alpha value is -3.97. The molecule has 0 bridgehead atoms. The first-order chi connectivity index (χ1) is 14.5. The highest BCUT2D eigenvalue weighted by Gasteiger charge is 2.24. The lowest BCUT2D eigenvalue weighted by atomic mass is 10.1. The summed E-state index contributed by atoms with van der Waals surface area (Å²) in [7, 11) is 0. The Morgan fingerprint density at radius 2 is 1.53 bits per heavy atom. The largest absolute Gasteiger partial charge is 0.322 e. The van der Waals surface area contributed by atoms with E-state index in [2.05, 4.69) is 10.4 Å². The number of amides is 1. The summed E-state index contributed by atoms with van der Waals surface area (Å²) in [6.07, 6.45) is 0. The molecule has 4 rings (SSSR count). The monoisotopic (exact) mass is 418 g/mol. The molecule has 0 fully saturated rings. The summed E-state index contributed by atoms with van der Waals surface area (Å²) in [5, 5.41) is 18.3. The summed E-state index contributed by atoms with van der Waals surface area (Å²) in [5.41, 5.74) is 2.45. The van der Waals surface area contributed by atoms with Crippen LogP contribution in [0.2, 0.25) is 5.15 Å². The fraction of sp³-hybridized carbons (Fsp3) is 0. The van der Waals surface area contributed by atoms with Crippen LogP contribution >= 0.6 is 11.6 Å². The standard InChI is InChI=1S/C22H15ClN4O3/c23-21-19(22(28)24-16-11-13-18(14-12-16)27(29)30)20(15-7-3-1-4-8-15)25-26(21)17-9-5-2-6-10-17/h1-14H,(H,24,28). The van der Waals surface area contributed by atoms with E-state index in [0.717, 1.165) is 5.56 Å². The molecule has 30 heavy (non-hydrogen) atoms. The number of aromatic nitrogens is 2. The molecule has 8 heteroatoms. The van der Waals surface area contributed by atoms with Crippen molar-refractivity contribution in [3.63, 3.8) is 0 Å². The van der Waals surface area contributed by atoms with Gasteiger partial charge in [-0.25, -0.2) is 4.68 Å². The summed E-state index contributed by atoms with van der Waals surface area (Å²) in [5.74, 6) is -0.463. The van der Waals surface area contributed by atoms with Gasteiger partial charge in [-0.05, 0) is 24.3 Å². The molecular formula is C22H15ClN4O3. The zero-order valence-corrected chi connectivity index (χ0v) is 16.3. The second kappa shape index (κ2) is 8.18. The minimum atomic E-state index is -0.500. The fourth-order valence-electron chi connectivity index (χ4n) is 3.00. The number of non-ortho nitro benzene ring substituents is 1. The second-order valence-corrected chi connectivity index (χ2v) is 6.74. The number of nitrogens with one attached hydrogen (secondary N) is 1. The number of nitro groups is 1. The lowest BCUT2D eigenvalue weighted by Crippen LogP contribution is -2.13. The summed E-state index contributed by atoms with van der Waals surface area (Å²) in [6, 6.07) is 24.1. The van der Waals surface area contributed by atoms with E-state index < -0.39 is 10.8 Å². The Bertz CT molecular complexity index is 1210. The number of para-hydroxylation sites is 1. The first-order valence-corrected chi connectivity index (χ1v) is 9.37. The normalized spacial score (nSPS) is 10.6. The number of nitro benzene ring substituents is 1. The molecule has 1 aromatic heterocycles. The Balaban J connectivity index is 1.76. The number of carbonyl (C=O) groups excluding carboxylic acids is 1. The molecule has 0 saturated carbocycles. The van der Waals surface area contributed by atoms with Gasteiger partial charge in [-0.1, -0.05) is 60.1 Å². The van der Waals surface area contributed by atoms with Gasteiger partial charge < -0.3 is 5.32 Å². The van der Waals surface area contributed by atoms with Crippen molar-refractivity contribution in [2.45, 2.75) is 0 Å². The van der Waals surface area contributed by atoms with Crippen LogP contribution in [0.3, 0.4) is 0 Å². The van der Waals surface area contributed by atoms with Crippen LogP contribution in [0.25, 0.3) is 16.9 Å². The molecule has 1 amide bonds. The molecule has 4 aromatic rings. The van der Waals surface area contributed by atoms with Crippen molar-refractivity contribution in [1.29, 1.82) is 0 Å². The van der Waals surface area contributed by atoms with Crippen molar-refractivity contribution in [2.75, 3.05) is 5.32 Å². The zero-order valence-electron chi connectivity index (χ0n) is 15.5. The number of hydrogen-bond donors (Lipinski definition) is 1. The summed E-state index contributed by atoms with van der Waals surface area (Å²) in [6.45, 7) is 0. The summed E-state index contributed by atoms with van der Waals surface area (Å²) >= 11 is 6.59. The maximum absolute atomic E-state index is 13.1. The van der Waals surface area contributed by atoms with Crippen molar-refractivity contribution in [3.8, 4) is 16.9 Å². The van der Waals surface area contributed by atoms with E-state index in [1.54, 1.807) is 0 Å². The number of rotatable bonds is 5. The number of hydrogen-bond acceptors (Lipinski definition) is 4.